The first-order chi connectivity index (χ1) is 9.15. The van der Waals surface area contributed by atoms with Crippen molar-refractivity contribution >= 4 is 5.91 Å². The third kappa shape index (κ3) is 3.87. The van der Waals surface area contributed by atoms with Gasteiger partial charge in [-0.2, -0.15) is 5.10 Å². The lowest BCUT2D eigenvalue weighted by atomic mass is 10.1. The average Bonchev–Trinajstić information content (AvgIpc) is 2.90. The largest absolute Gasteiger partial charge is 0.350 e. The molecule has 2 heterocycles. The molecule has 0 aromatic carbocycles. The Morgan fingerprint density at radius 1 is 1.42 bits per heavy atom. The van der Waals surface area contributed by atoms with Gasteiger partial charge in [0.2, 0.25) is 5.91 Å². The lowest BCUT2D eigenvalue weighted by Gasteiger charge is -2.12. The van der Waals surface area contributed by atoms with E-state index in [9.17, 15) is 4.79 Å². The van der Waals surface area contributed by atoms with Gasteiger partial charge in [-0.15, -0.1) is 0 Å². The van der Waals surface area contributed by atoms with Crippen LogP contribution in [-0.4, -0.2) is 25.7 Å². The van der Waals surface area contributed by atoms with Gasteiger partial charge in [0.1, 0.15) is 0 Å². The van der Waals surface area contributed by atoms with E-state index in [2.05, 4.69) is 20.4 Å². The Kier molecular flexibility index (Phi) is 4.22. The molecule has 0 radical (unpaired) electrons. The van der Waals surface area contributed by atoms with Gasteiger partial charge >= 0.3 is 0 Å². The van der Waals surface area contributed by atoms with Gasteiger partial charge in [-0.1, -0.05) is 6.92 Å². The molecule has 0 saturated carbocycles. The van der Waals surface area contributed by atoms with E-state index in [4.69, 9.17) is 0 Å². The van der Waals surface area contributed by atoms with E-state index < -0.39 is 0 Å². The molecule has 2 rings (SSSR count). The van der Waals surface area contributed by atoms with Crippen LogP contribution in [0.3, 0.4) is 0 Å². The van der Waals surface area contributed by atoms with Gasteiger partial charge in [-0.25, -0.2) is 0 Å². The fraction of sp³-hybridized carbons (Fsp3) is 0.385. The Morgan fingerprint density at radius 2 is 2.26 bits per heavy atom. The minimum Gasteiger partial charge on any atom is -0.350 e. The first-order valence-electron chi connectivity index (χ1n) is 6.18. The molecule has 0 fully saturated rings. The van der Waals surface area contributed by atoms with Crippen molar-refractivity contribution in [1.82, 2.24) is 25.1 Å². The van der Waals surface area contributed by atoms with Crippen LogP contribution in [0.2, 0.25) is 0 Å². The maximum atomic E-state index is 11.9. The zero-order valence-electron chi connectivity index (χ0n) is 11.1. The van der Waals surface area contributed by atoms with Gasteiger partial charge in [0.15, 0.2) is 0 Å². The van der Waals surface area contributed by atoms with Gasteiger partial charge in [0, 0.05) is 18.6 Å². The second-order valence-corrected chi connectivity index (χ2v) is 4.50. The lowest BCUT2D eigenvalue weighted by molar-refractivity contribution is -0.125. The van der Waals surface area contributed by atoms with Crippen molar-refractivity contribution in [3.63, 3.8) is 0 Å². The van der Waals surface area contributed by atoms with E-state index in [-0.39, 0.29) is 11.8 Å². The molecular formula is C13H17N5O. The highest BCUT2D eigenvalue weighted by atomic mass is 16.1. The summed E-state index contributed by atoms with van der Waals surface area (Å²) < 4.78 is 1.75. The molecule has 1 N–H and O–H groups in total. The van der Waals surface area contributed by atoms with Crippen molar-refractivity contribution in [1.29, 1.82) is 0 Å². The lowest BCUT2D eigenvalue weighted by Crippen LogP contribution is -2.31. The molecule has 0 bridgehead atoms. The number of aryl methyl sites for hydroxylation is 1. The number of rotatable bonds is 5. The van der Waals surface area contributed by atoms with Crippen LogP contribution in [0, 0.1) is 12.8 Å². The summed E-state index contributed by atoms with van der Waals surface area (Å²) in [6, 6.07) is 1.84. The Hall–Kier alpha value is -2.24. The Morgan fingerprint density at radius 3 is 2.89 bits per heavy atom. The van der Waals surface area contributed by atoms with Crippen molar-refractivity contribution in [2.45, 2.75) is 26.9 Å². The second-order valence-electron chi connectivity index (χ2n) is 4.50. The van der Waals surface area contributed by atoms with Crippen molar-refractivity contribution in [3.8, 4) is 0 Å². The van der Waals surface area contributed by atoms with E-state index in [1.54, 1.807) is 23.3 Å². The van der Waals surface area contributed by atoms with Crippen LogP contribution < -0.4 is 5.32 Å². The standard InChI is InChI=1S/C13H17N5O/c1-10(9-18-5-3-4-17-18)13(19)16-8-12-7-14-11(2)6-15-12/h3-7,10H,8-9H2,1-2H3,(H,16,19). The topological polar surface area (TPSA) is 72.7 Å². The van der Waals surface area contributed by atoms with Crippen LogP contribution in [0.1, 0.15) is 18.3 Å². The fourth-order valence-electron chi connectivity index (χ4n) is 1.63. The minimum atomic E-state index is -0.140. The molecule has 19 heavy (non-hydrogen) atoms. The third-order valence-electron chi connectivity index (χ3n) is 2.75. The normalized spacial score (nSPS) is 12.1. The summed E-state index contributed by atoms with van der Waals surface area (Å²) in [5.41, 5.74) is 1.62. The number of hydrogen-bond donors (Lipinski definition) is 1. The number of amides is 1. The van der Waals surface area contributed by atoms with Crippen LogP contribution in [0.15, 0.2) is 30.9 Å². The fourth-order valence-corrected chi connectivity index (χ4v) is 1.63. The number of aromatic nitrogens is 4. The molecule has 6 heteroatoms. The molecule has 0 aliphatic rings. The quantitative estimate of drug-likeness (QED) is 0.867. The van der Waals surface area contributed by atoms with E-state index in [0.717, 1.165) is 11.4 Å². The van der Waals surface area contributed by atoms with Crippen molar-refractivity contribution < 1.29 is 4.79 Å². The third-order valence-corrected chi connectivity index (χ3v) is 2.75. The first-order valence-corrected chi connectivity index (χ1v) is 6.18. The van der Waals surface area contributed by atoms with Crippen molar-refractivity contribution in [2.24, 2.45) is 5.92 Å². The van der Waals surface area contributed by atoms with Gasteiger partial charge in [0.25, 0.3) is 0 Å². The van der Waals surface area contributed by atoms with Crippen LogP contribution in [0.25, 0.3) is 0 Å². The van der Waals surface area contributed by atoms with E-state index in [1.165, 1.54) is 0 Å². The number of nitrogens with one attached hydrogen (secondary N) is 1. The molecule has 0 saturated heterocycles. The summed E-state index contributed by atoms with van der Waals surface area (Å²) in [5, 5.41) is 6.93. The van der Waals surface area contributed by atoms with Gasteiger partial charge in [-0.05, 0) is 13.0 Å². The first kappa shape index (κ1) is 13.2. The predicted octanol–water partition coefficient (Wildman–Crippen LogP) is 0.934. The van der Waals surface area contributed by atoms with Gasteiger partial charge in [-0.3, -0.25) is 19.4 Å². The summed E-state index contributed by atoms with van der Waals surface area (Å²) in [6.45, 7) is 4.72. The molecule has 2 aromatic rings. The van der Waals surface area contributed by atoms with E-state index >= 15 is 0 Å². The molecule has 0 aliphatic carbocycles. The molecule has 100 valence electrons. The van der Waals surface area contributed by atoms with E-state index in [1.807, 2.05) is 26.1 Å². The zero-order chi connectivity index (χ0) is 13.7. The number of carbonyl (C=O) groups excluding carboxylic acids is 1. The van der Waals surface area contributed by atoms with Crippen molar-refractivity contribution in [2.75, 3.05) is 0 Å². The Bertz CT molecular complexity index is 520. The zero-order valence-corrected chi connectivity index (χ0v) is 11.1. The number of hydrogen-bond acceptors (Lipinski definition) is 4. The summed E-state index contributed by atoms with van der Waals surface area (Å²) in [6.07, 6.45) is 6.91. The smallest absolute Gasteiger partial charge is 0.225 e. The van der Waals surface area contributed by atoms with E-state index in [0.29, 0.717) is 13.1 Å². The molecule has 1 unspecified atom stereocenters. The Labute approximate surface area is 111 Å². The highest BCUT2D eigenvalue weighted by Crippen LogP contribution is 2.01. The van der Waals surface area contributed by atoms with Crippen LogP contribution in [0.4, 0.5) is 0 Å². The molecule has 0 spiro atoms. The van der Waals surface area contributed by atoms with Crippen LogP contribution in [-0.2, 0) is 17.9 Å². The molecule has 0 aliphatic heterocycles. The summed E-state index contributed by atoms with van der Waals surface area (Å²) in [7, 11) is 0. The summed E-state index contributed by atoms with van der Waals surface area (Å²) in [4.78, 5) is 20.2. The van der Waals surface area contributed by atoms with Gasteiger partial charge in [0.05, 0.1) is 36.6 Å². The van der Waals surface area contributed by atoms with Crippen molar-refractivity contribution in [3.05, 3.63) is 42.2 Å². The molecule has 1 amide bonds. The number of carbonyl (C=O) groups is 1. The number of nitrogens with zero attached hydrogens (tertiary/aromatic N) is 4. The Balaban J connectivity index is 1.82. The molecular weight excluding hydrogens is 242 g/mol. The summed E-state index contributed by atoms with van der Waals surface area (Å²) in [5.74, 6) is -0.156. The summed E-state index contributed by atoms with van der Waals surface area (Å²) >= 11 is 0. The predicted molar refractivity (Wildman–Crippen MR) is 70.0 cm³/mol. The highest BCUT2D eigenvalue weighted by molar-refractivity contribution is 5.78. The molecule has 1 atom stereocenters. The highest BCUT2D eigenvalue weighted by Gasteiger charge is 2.13. The minimum absolute atomic E-state index is 0.0159. The van der Waals surface area contributed by atoms with Gasteiger partial charge < -0.3 is 5.32 Å². The molecule has 6 nitrogen and oxygen atoms in total. The average molecular weight is 259 g/mol. The maximum Gasteiger partial charge on any atom is 0.225 e. The molecule has 2 aromatic heterocycles. The van der Waals surface area contributed by atoms with Crippen LogP contribution in [0.5, 0.6) is 0 Å². The maximum absolute atomic E-state index is 11.9. The second kappa shape index (κ2) is 6.08. The SMILES string of the molecule is Cc1cnc(CNC(=O)C(C)Cn2cccn2)cn1. The monoisotopic (exact) mass is 259 g/mol. The van der Waals surface area contributed by atoms with Crippen LogP contribution >= 0.6 is 0 Å².